The molecule has 0 fully saturated rings. The van der Waals surface area contributed by atoms with Crippen molar-refractivity contribution in [3.63, 3.8) is 0 Å². The lowest BCUT2D eigenvalue weighted by atomic mass is 10.0. The molecule has 122 valence electrons. The molecule has 2 heterocycles. The zero-order chi connectivity index (χ0) is 17.2. The zero-order valence-corrected chi connectivity index (χ0v) is 13.6. The van der Waals surface area contributed by atoms with Crippen LogP contribution in [0.25, 0.3) is 33.4 Å². The van der Waals surface area contributed by atoms with Crippen LogP contribution >= 0.6 is 0 Å². The first-order valence-electron chi connectivity index (χ1n) is 7.94. The second kappa shape index (κ2) is 6.20. The fraction of sp³-hybridized carbons (Fsp3) is 0.0500. The highest BCUT2D eigenvalue weighted by atomic mass is 16.3. The molecule has 4 aromatic rings. The first-order chi connectivity index (χ1) is 12.2. The monoisotopic (exact) mass is 328 g/mol. The van der Waals surface area contributed by atoms with E-state index < -0.39 is 0 Å². The number of phenols is 1. The van der Waals surface area contributed by atoms with Crippen molar-refractivity contribution in [1.29, 1.82) is 0 Å². The van der Waals surface area contributed by atoms with Gasteiger partial charge in [-0.15, -0.1) is 0 Å². The van der Waals surface area contributed by atoms with Crippen molar-refractivity contribution in [2.75, 3.05) is 12.4 Å². The molecule has 2 aromatic heterocycles. The van der Waals surface area contributed by atoms with Crippen LogP contribution in [-0.4, -0.2) is 27.1 Å². The quantitative estimate of drug-likeness (QED) is 0.592. The largest absolute Gasteiger partial charge is 0.508 e. The van der Waals surface area contributed by atoms with Crippen LogP contribution in [0.15, 0.2) is 67.0 Å². The fourth-order valence-corrected chi connectivity index (χ4v) is 2.78. The maximum atomic E-state index is 9.46. The molecule has 0 amide bonds. The maximum Gasteiger partial charge on any atom is 0.163 e. The van der Waals surface area contributed by atoms with Crippen LogP contribution in [-0.2, 0) is 0 Å². The number of fused-ring (bicyclic) bond motifs is 1. The number of hydrogen-bond donors (Lipinski definition) is 2. The van der Waals surface area contributed by atoms with Gasteiger partial charge in [-0.3, -0.25) is 4.98 Å². The van der Waals surface area contributed by atoms with Gasteiger partial charge in [0.1, 0.15) is 11.6 Å². The molecule has 0 saturated carbocycles. The van der Waals surface area contributed by atoms with Crippen molar-refractivity contribution in [2.24, 2.45) is 0 Å². The minimum absolute atomic E-state index is 0.255. The average molecular weight is 328 g/mol. The van der Waals surface area contributed by atoms with E-state index >= 15 is 0 Å². The summed E-state index contributed by atoms with van der Waals surface area (Å²) in [6, 6.07) is 17.0. The Hall–Kier alpha value is -3.47. The lowest BCUT2D eigenvalue weighted by Gasteiger charge is -2.10. The van der Waals surface area contributed by atoms with Crippen LogP contribution in [0.4, 0.5) is 5.82 Å². The van der Waals surface area contributed by atoms with E-state index in [0.29, 0.717) is 5.82 Å². The lowest BCUT2D eigenvalue weighted by Crippen LogP contribution is -1.99. The van der Waals surface area contributed by atoms with Gasteiger partial charge in [-0.2, -0.15) is 0 Å². The number of pyridine rings is 1. The Kier molecular flexibility index (Phi) is 3.74. The predicted octanol–water partition coefficient (Wildman–Crippen LogP) is 4.11. The first-order valence-corrected chi connectivity index (χ1v) is 7.94. The number of aromatic nitrogens is 3. The maximum absolute atomic E-state index is 9.46. The summed E-state index contributed by atoms with van der Waals surface area (Å²) >= 11 is 0. The number of aromatic hydroxyl groups is 1. The number of hydrogen-bond acceptors (Lipinski definition) is 5. The van der Waals surface area contributed by atoms with E-state index in [9.17, 15) is 5.11 Å². The van der Waals surface area contributed by atoms with Gasteiger partial charge in [0.15, 0.2) is 5.82 Å². The molecular formula is C20H16N4O. The van der Waals surface area contributed by atoms with Crippen molar-refractivity contribution >= 4 is 16.7 Å². The summed E-state index contributed by atoms with van der Waals surface area (Å²) in [4.78, 5) is 13.4. The van der Waals surface area contributed by atoms with Gasteiger partial charge in [0.2, 0.25) is 0 Å². The van der Waals surface area contributed by atoms with E-state index in [2.05, 4.69) is 26.3 Å². The molecule has 0 bridgehead atoms. The Morgan fingerprint density at radius 3 is 2.40 bits per heavy atom. The van der Waals surface area contributed by atoms with E-state index in [4.69, 9.17) is 0 Å². The highest BCUT2D eigenvalue weighted by molar-refractivity contribution is 5.93. The van der Waals surface area contributed by atoms with Gasteiger partial charge in [-0.05, 0) is 47.5 Å². The average Bonchev–Trinajstić information content (AvgIpc) is 2.68. The number of phenolic OH excluding ortho intramolecular Hbond substituents is 1. The van der Waals surface area contributed by atoms with Crippen LogP contribution in [0.3, 0.4) is 0 Å². The smallest absolute Gasteiger partial charge is 0.163 e. The molecule has 2 aromatic carbocycles. The minimum atomic E-state index is 0.255. The fourth-order valence-electron chi connectivity index (χ4n) is 2.78. The molecule has 5 heteroatoms. The summed E-state index contributed by atoms with van der Waals surface area (Å²) in [5.74, 6) is 1.66. The number of rotatable bonds is 3. The van der Waals surface area contributed by atoms with Crippen LogP contribution in [0, 0.1) is 0 Å². The zero-order valence-electron chi connectivity index (χ0n) is 13.6. The molecule has 0 radical (unpaired) electrons. The number of benzene rings is 2. The Morgan fingerprint density at radius 2 is 1.68 bits per heavy atom. The Morgan fingerprint density at radius 1 is 0.880 bits per heavy atom. The highest BCUT2D eigenvalue weighted by Crippen LogP contribution is 2.29. The molecule has 5 nitrogen and oxygen atoms in total. The van der Waals surface area contributed by atoms with Crippen molar-refractivity contribution < 1.29 is 5.11 Å². The second-order valence-electron chi connectivity index (χ2n) is 5.67. The number of anilines is 1. The Bertz CT molecular complexity index is 1030. The van der Waals surface area contributed by atoms with E-state index in [1.807, 2.05) is 43.4 Å². The lowest BCUT2D eigenvalue weighted by molar-refractivity contribution is 0.475. The van der Waals surface area contributed by atoms with Crippen molar-refractivity contribution in [2.45, 2.75) is 0 Å². The summed E-state index contributed by atoms with van der Waals surface area (Å²) in [7, 11) is 1.85. The molecular weight excluding hydrogens is 312 g/mol. The molecule has 0 aliphatic carbocycles. The normalized spacial score (nSPS) is 10.8. The topological polar surface area (TPSA) is 70.9 Å². The third-order valence-electron chi connectivity index (χ3n) is 4.05. The van der Waals surface area contributed by atoms with Gasteiger partial charge in [0.25, 0.3) is 0 Å². The summed E-state index contributed by atoms with van der Waals surface area (Å²) < 4.78 is 0. The Balaban J connectivity index is 1.86. The molecule has 2 N–H and O–H groups in total. The van der Waals surface area contributed by atoms with E-state index in [1.54, 1.807) is 24.5 Å². The summed E-state index contributed by atoms with van der Waals surface area (Å²) in [6.07, 6.45) is 3.49. The van der Waals surface area contributed by atoms with Crippen LogP contribution in [0.2, 0.25) is 0 Å². The minimum Gasteiger partial charge on any atom is -0.508 e. The van der Waals surface area contributed by atoms with Gasteiger partial charge in [0, 0.05) is 30.4 Å². The van der Waals surface area contributed by atoms with Crippen molar-refractivity contribution in [1.82, 2.24) is 15.0 Å². The van der Waals surface area contributed by atoms with E-state index in [1.165, 1.54) is 0 Å². The standard InChI is InChI=1S/C20H16N4O/c1-21-20-17-11-14(13-4-7-16(25)8-5-13)6-9-18(17)23-19(24-20)15-3-2-10-22-12-15/h2-12,25H,1H3,(H,21,23,24). The third-order valence-corrected chi connectivity index (χ3v) is 4.05. The molecule has 0 saturated heterocycles. The van der Waals surface area contributed by atoms with Gasteiger partial charge >= 0.3 is 0 Å². The molecule has 0 aliphatic heterocycles. The molecule has 0 spiro atoms. The first kappa shape index (κ1) is 15.1. The number of nitrogens with one attached hydrogen (secondary N) is 1. The second-order valence-corrected chi connectivity index (χ2v) is 5.67. The van der Waals surface area contributed by atoms with Crippen LogP contribution < -0.4 is 5.32 Å². The van der Waals surface area contributed by atoms with Crippen molar-refractivity contribution in [3.05, 3.63) is 67.0 Å². The van der Waals surface area contributed by atoms with Gasteiger partial charge in [-0.25, -0.2) is 9.97 Å². The van der Waals surface area contributed by atoms with E-state index in [-0.39, 0.29) is 5.75 Å². The Labute approximate surface area is 145 Å². The summed E-state index contributed by atoms with van der Waals surface area (Å²) in [5.41, 5.74) is 3.81. The SMILES string of the molecule is CNc1nc(-c2cccnc2)nc2ccc(-c3ccc(O)cc3)cc12. The molecule has 0 atom stereocenters. The van der Waals surface area contributed by atoms with Crippen LogP contribution in [0.5, 0.6) is 5.75 Å². The third kappa shape index (κ3) is 2.87. The predicted molar refractivity (Wildman–Crippen MR) is 99.4 cm³/mol. The van der Waals surface area contributed by atoms with Gasteiger partial charge in [-0.1, -0.05) is 18.2 Å². The van der Waals surface area contributed by atoms with Crippen LogP contribution in [0.1, 0.15) is 0 Å². The summed E-state index contributed by atoms with van der Waals surface area (Å²) in [6.45, 7) is 0. The number of nitrogens with zero attached hydrogens (tertiary/aromatic N) is 3. The summed E-state index contributed by atoms with van der Waals surface area (Å²) in [5, 5.41) is 13.6. The molecule has 0 aliphatic rings. The molecule has 0 unspecified atom stereocenters. The van der Waals surface area contributed by atoms with Gasteiger partial charge in [0.05, 0.1) is 5.52 Å². The molecule has 4 rings (SSSR count). The highest BCUT2D eigenvalue weighted by Gasteiger charge is 2.10. The van der Waals surface area contributed by atoms with Gasteiger partial charge < -0.3 is 10.4 Å². The molecule has 25 heavy (non-hydrogen) atoms. The van der Waals surface area contributed by atoms with E-state index in [0.717, 1.165) is 33.4 Å². The van der Waals surface area contributed by atoms with Crippen molar-refractivity contribution in [3.8, 4) is 28.3 Å².